The standard InChI is InChI=1S/C19H28N2O3S/c1-15-18(23)21(19(15)25(2)24)14-17(22)20-13-9-4-3-6-10-16-11-7-5-8-12-16/h5,7-8,11-12,15,19H,3-4,6,9-10,13-14H2,1-2H3,(H,20,22)/t15-,19-,25?/m1/s1. The summed E-state index contributed by atoms with van der Waals surface area (Å²) in [5.41, 5.74) is 1.37. The van der Waals surface area contributed by atoms with E-state index < -0.39 is 11.2 Å². The Balaban J connectivity index is 1.53. The molecule has 1 aliphatic heterocycles. The quantitative estimate of drug-likeness (QED) is 0.392. The van der Waals surface area contributed by atoms with E-state index in [1.54, 1.807) is 13.2 Å². The number of benzene rings is 1. The van der Waals surface area contributed by atoms with Crippen LogP contribution in [0.4, 0.5) is 0 Å². The Bertz CT molecular complexity index is 565. The monoisotopic (exact) mass is 364 g/mol. The second-order valence-corrected chi connectivity index (χ2v) is 8.12. The van der Waals surface area contributed by atoms with Gasteiger partial charge in [-0.05, 0) is 42.9 Å². The Morgan fingerprint density at radius 1 is 1.20 bits per heavy atom. The maximum atomic E-state index is 11.9. The molecule has 1 heterocycles. The Kier molecular flexibility index (Phi) is 7.78. The molecular weight excluding hydrogens is 336 g/mol. The highest BCUT2D eigenvalue weighted by Crippen LogP contribution is 2.29. The van der Waals surface area contributed by atoms with E-state index in [0.29, 0.717) is 6.54 Å². The number of aryl methyl sites for hydroxylation is 1. The summed E-state index contributed by atoms with van der Waals surface area (Å²) < 4.78 is 11.6. The summed E-state index contributed by atoms with van der Waals surface area (Å²) >= 11 is -1.12. The van der Waals surface area contributed by atoms with Crippen molar-refractivity contribution in [2.75, 3.05) is 19.3 Å². The average Bonchev–Trinajstić information content (AvgIpc) is 2.60. The maximum absolute atomic E-state index is 11.9. The van der Waals surface area contributed by atoms with E-state index in [9.17, 15) is 14.1 Å². The van der Waals surface area contributed by atoms with Crippen LogP contribution in [0.2, 0.25) is 0 Å². The largest absolute Gasteiger partial charge is 0.615 e. The third-order valence-electron chi connectivity index (χ3n) is 4.62. The number of hydrogen-bond donors (Lipinski definition) is 1. The van der Waals surface area contributed by atoms with Gasteiger partial charge in [0, 0.05) is 6.54 Å². The summed E-state index contributed by atoms with van der Waals surface area (Å²) in [4.78, 5) is 25.2. The van der Waals surface area contributed by atoms with Crippen molar-refractivity contribution in [2.24, 2.45) is 5.92 Å². The number of β-lactam (4-membered cyclic amide) rings is 1. The van der Waals surface area contributed by atoms with Gasteiger partial charge in [-0.15, -0.1) is 0 Å². The molecule has 1 aromatic rings. The number of likely N-dealkylation sites (tertiary alicyclic amines) is 1. The fourth-order valence-electron chi connectivity index (χ4n) is 3.22. The molecule has 138 valence electrons. The van der Waals surface area contributed by atoms with E-state index >= 15 is 0 Å². The van der Waals surface area contributed by atoms with Gasteiger partial charge in [0.05, 0.1) is 6.26 Å². The van der Waals surface area contributed by atoms with E-state index in [2.05, 4.69) is 29.6 Å². The average molecular weight is 365 g/mol. The molecule has 1 unspecified atom stereocenters. The number of amides is 2. The first-order valence-corrected chi connectivity index (χ1v) is 10.6. The molecule has 6 heteroatoms. The smallest absolute Gasteiger partial charge is 0.239 e. The van der Waals surface area contributed by atoms with Gasteiger partial charge in [-0.3, -0.25) is 14.5 Å². The molecule has 0 aromatic heterocycles. The number of nitrogens with one attached hydrogen (secondary N) is 1. The summed E-state index contributed by atoms with van der Waals surface area (Å²) in [5, 5.41) is 2.53. The lowest BCUT2D eigenvalue weighted by Gasteiger charge is -2.43. The number of rotatable bonds is 10. The van der Waals surface area contributed by atoms with E-state index in [0.717, 1.165) is 32.1 Å². The van der Waals surface area contributed by atoms with Gasteiger partial charge in [0.2, 0.25) is 17.2 Å². The Morgan fingerprint density at radius 2 is 1.88 bits per heavy atom. The first-order valence-electron chi connectivity index (χ1n) is 8.94. The van der Waals surface area contributed by atoms with Crippen molar-refractivity contribution in [3.8, 4) is 0 Å². The Morgan fingerprint density at radius 3 is 2.56 bits per heavy atom. The van der Waals surface area contributed by atoms with Crippen molar-refractivity contribution < 1.29 is 14.1 Å². The van der Waals surface area contributed by atoms with E-state index in [1.807, 2.05) is 6.07 Å². The van der Waals surface area contributed by atoms with Crippen molar-refractivity contribution in [2.45, 2.75) is 44.4 Å². The maximum Gasteiger partial charge on any atom is 0.239 e. The zero-order valence-electron chi connectivity index (χ0n) is 15.1. The molecule has 0 bridgehead atoms. The molecule has 0 radical (unpaired) electrons. The van der Waals surface area contributed by atoms with Crippen molar-refractivity contribution >= 4 is 23.0 Å². The first kappa shape index (κ1) is 19.8. The van der Waals surface area contributed by atoms with Crippen LogP contribution in [0.25, 0.3) is 0 Å². The summed E-state index contributed by atoms with van der Waals surface area (Å²) in [6, 6.07) is 10.4. The van der Waals surface area contributed by atoms with Gasteiger partial charge in [-0.1, -0.05) is 43.2 Å². The molecule has 2 amide bonds. The van der Waals surface area contributed by atoms with E-state index in [1.165, 1.54) is 10.5 Å². The second-order valence-electron chi connectivity index (χ2n) is 6.64. The zero-order valence-corrected chi connectivity index (χ0v) is 15.9. The van der Waals surface area contributed by atoms with Crippen molar-refractivity contribution in [3.63, 3.8) is 0 Å². The van der Waals surface area contributed by atoms with Gasteiger partial charge in [0.1, 0.15) is 12.5 Å². The summed E-state index contributed by atoms with van der Waals surface area (Å²) in [7, 11) is 0. The molecule has 2 rings (SSSR count). The predicted octanol–water partition coefficient (Wildman–Crippen LogP) is 2.09. The molecule has 1 saturated heterocycles. The van der Waals surface area contributed by atoms with Crippen molar-refractivity contribution in [3.05, 3.63) is 35.9 Å². The lowest BCUT2D eigenvalue weighted by Crippen LogP contribution is -2.64. The van der Waals surface area contributed by atoms with Crippen LogP contribution < -0.4 is 5.32 Å². The number of nitrogens with zero attached hydrogens (tertiary/aromatic N) is 1. The third-order valence-corrected chi connectivity index (χ3v) is 5.96. The minimum absolute atomic E-state index is 0.0153. The highest BCUT2D eigenvalue weighted by molar-refractivity contribution is 7.91. The first-order chi connectivity index (χ1) is 12.0. The van der Waals surface area contributed by atoms with Crippen molar-refractivity contribution in [1.29, 1.82) is 0 Å². The molecule has 1 N–H and O–H groups in total. The lowest BCUT2D eigenvalue weighted by molar-refractivity contribution is -0.152. The molecule has 3 atom stereocenters. The van der Waals surface area contributed by atoms with Gasteiger partial charge in [-0.2, -0.15) is 0 Å². The molecular formula is C19H28N2O3S. The Labute approximate surface area is 153 Å². The van der Waals surface area contributed by atoms with Gasteiger partial charge < -0.3 is 9.87 Å². The molecule has 0 spiro atoms. The zero-order chi connectivity index (χ0) is 18.2. The van der Waals surface area contributed by atoms with Gasteiger partial charge >= 0.3 is 0 Å². The normalized spacial score (nSPS) is 20.9. The molecule has 1 aromatic carbocycles. The van der Waals surface area contributed by atoms with Crippen LogP contribution in [0.5, 0.6) is 0 Å². The second kappa shape index (κ2) is 9.82. The van der Waals surface area contributed by atoms with Crippen LogP contribution in [-0.4, -0.2) is 46.0 Å². The van der Waals surface area contributed by atoms with E-state index in [4.69, 9.17) is 0 Å². The van der Waals surface area contributed by atoms with Gasteiger partial charge in [0.15, 0.2) is 0 Å². The van der Waals surface area contributed by atoms with E-state index in [-0.39, 0.29) is 29.7 Å². The predicted molar refractivity (Wildman–Crippen MR) is 100 cm³/mol. The molecule has 5 nitrogen and oxygen atoms in total. The molecule has 1 aliphatic rings. The third kappa shape index (κ3) is 5.75. The number of unbranched alkanes of at least 4 members (excludes halogenated alkanes) is 3. The highest BCUT2D eigenvalue weighted by Gasteiger charge is 2.51. The van der Waals surface area contributed by atoms with Crippen LogP contribution in [0, 0.1) is 5.92 Å². The number of hydrogen-bond acceptors (Lipinski definition) is 3. The van der Waals surface area contributed by atoms with Gasteiger partial charge in [0.25, 0.3) is 0 Å². The summed E-state index contributed by atoms with van der Waals surface area (Å²) in [6.07, 6.45) is 6.99. The van der Waals surface area contributed by atoms with Crippen LogP contribution in [0.1, 0.15) is 38.2 Å². The Hall–Kier alpha value is -1.53. The van der Waals surface area contributed by atoms with Crippen molar-refractivity contribution in [1.82, 2.24) is 10.2 Å². The minimum atomic E-state index is -1.12. The number of carbonyl (C=O) groups is 2. The van der Waals surface area contributed by atoms with Crippen LogP contribution >= 0.6 is 0 Å². The molecule has 1 fully saturated rings. The minimum Gasteiger partial charge on any atom is -0.615 e. The molecule has 0 saturated carbocycles. The summed E-state index contributed by atoms with van der Waals surface area (Å²) in [5.74, 6) is -0.500. The van der Waals surface area contributed by atoms with Crippen LogP contribution in [0.15, 0.2) is 30.3 Å². The SMILES string of the molecule is C[C@@H]1C(=O)N(CC(=O)NCCCCCCc2ccccc2)[C@@H]1[S+](C)[O-]. The molecule has 25 heavy (non-hydrogen) atoms. The van der Waals surface area contributed by atoms with Crippen LogP contribution in [0.3, 0.4) is 0 Å². The molecule has 0 aliphatic carbocycles. The number of carbonyl (C=O) groups excluding carboxylic acids is 2. The van der Waals surface area contributed by atoms with Crippen LogP contribution in [-0.2, 0) is 27.2 Å². The topological polar surface area (TPSA) is 72.5 Å². The lowest BCUT2D eigenvalue weighted by atomic mass is 10.0. The highest BCUT2D eigenvalue weighted by atomic mass is 32.2. The fourth-order valence-corrected chi connectivity index (χ4v) is 4.45. The fraction of sp³-hybridized carbons (Fsp3) is 0.579. The van der Waals surface area contributed by atoms with Gasteiger partial charge in [-0.25, -0.2) is 0 Å². The summed E-state index contributed by atoms with van der Waals surface area (Å²) in [6.45, 7) is 2.40.